The van der Waals surface area contributed by atoms with Crippen molar-refractivity contribution in [1.82, 2.24) is 3.97 Å². The molecule has 5 nitrogen and oxygen atoms in total. The van der Waals surface area contributed by atoms with E-state index in [2.05, 4.69) is 0 Å². The van der Waals surface area contributed by atoms with Crippen LogP contribution in [0.2, 0.25) is 0 Å². The number of rotatable bonds is 6. The molecule has 0 fully saturated rings. The lowest BCUT2D eigenvalue weighted by Crippen LogP contribution is -2.12. The van der Waals surface area contributed by atoms with Crippen LogP contribution in [0.1, 0.15) is 30.0 Å². The molecular weight excluding hydrogens is 350 g/mol. The molecule has 6 heteroatoms. The van der Waals surface area contributed by atoms with E-state index in [0.29, 0.717) is 5.52 Å². The highest BCUT2D eigenvalue weighted by Gasteiger charge is 2.21. The van der Waals surface area contributed by atoms with Gasteiger partial charge in [-0.1, -0.05) is 30.7 Å². The van der Waals surface area contributed by atoms with Gasteiger partial charge in [0.1, 0.15) is 0 Å². The Bertz CT molecular complexity index is 1060. The van der Waals surface area contributed by atoms with Crippen molar-refractivity contribution in [2.75, 3.05) is 0 Å². The van der Waals surface area contributed by atoms with Gasteiger partial charge >= 0.3 is 5.97 Å². The van der Waals surface area contributed by atoms with E-state index in [1.54, 1.807) is 24.4 Å². The number of hydrogen-bond donors (Lipinski definition) is 1. The maximum atomic E-state index is 13.1. The number of aliphatic carboxylic acids is 1. The van der Waals surface area contributed by atoms with Crippen molar-refractivity contribution in [1.29, 1.82) is 0 Å². The van der Waals surface area contributed by atoms with Crippen LogP contribution in [0.4, 0.5) is 0 Å². The van der Waals surface area contributed by atoms with Crippen LogP contribution in [0, 0.1) is 6.92 Å². The SMILES string of the molecule is CCc1ccc(S(=O)(=O)n2cc(CCC(=O)O)c3cc(C)ccc32)cc1. The number of carboxylic acids is 1. The lowest BCUT2D eigenvalue weighted by Gasteiger charge is -2.08. The number of carbonyl (C=O) groups is 1. The Morgan fingerprint density at radius 3 is 2.42 bits per heavy atom. The Morgan fingerprint density at radius 1 is 1.12 bits per heavy atom. The van der Waals surface area contributed by atoms with Crippen molar-refractivity contribution in [3.8, 4) is 0 Å². The summed E-state index contributed by atoms with van der Waals surface area (Å²) < 4.78 is 27.5. The molecule has 0 spiro atoms. The molecule has 3 rings (SSSR count). The summed E-state index contributed by atoms with van der Waals surface area (Å²) in [5.74, 6) is -0.906. The van der Waals surface area contributed by atoms with Gasteiger partial charge in [-0.25, -0.2) is 12.4 Å². The largest absolute Gasteiger partial charge is 0.481 e. The van der Waals surface area contributed by atoms with Gasteiger partial charge in [0.25, 0.3) is 10.0 Å². The van der Waals surface area contributed by atoms with Gasteiger partial charge in [-0.3, -0.25) is 4.79 Å². The number of hydrogen-bond acceptors (Lipinski definition) is 3. The standard InChI is InChI=1S/C20H21NO4S/c1-3-15-5-8-17(9-6-15)26(24,25)21-13-16(7-11-20(22)23)18-12-14(2)4-10-19(18)21/h4-6,8-10,12-13H,3,7,11H2,1-2H3,(H,22,23). The Hall–Kier alpha value is -2.60. The lowest BCUT2D eigenvalue weighted by atomic mass is 10.1. The first-order valence-electron chi connectivity index (χ1n) is 8.50. The zero-order valence-electron chi connectivity index (χ0n) is 14.8. The molecule has 0 aliphatic heterocycles. The van der Waals surface area contributed by atoms with Crippen molar-refractivity contribution in [2.45, 2.75) is 38.0 Å². The number of aryl methyl sites for hydroxylation is 3. The minimum absolute atomic E-state index is 0.0434. The van der Waals surface area contributed by atoms with E-state index in [-0.39, 0.29) is 17.7 Å². The summed E-state index contributed by atoms with van der Waals surface area (Å²) in [6.07, 6.45) is 2.63. The first-order chi connectivity index (χ1) is 12.3. The molecule has 0 saturated carbocycles. The molecule has 0 radical (unpaired) electrons. The highest BCUT2D eigenvalue weighted by Crippen LogP contribution is 2.28. The lowest BCUT2D eigenvalue weighted by molar-refractivity contribution is -0.136. The molecule has 0 unspecified atom stereocenters. The zero-order chi connectivity index (χ0) is 18.9. The molecule has 2 aromatic carbocycles. The van der Waals surface area contributed by atoms with Crippen molar-refractivity contribution in [2.24, 2.45) is 0 Å². The van der Waals surface area contributed by atoms with E-state index in [1.165, 1.54) is 3.97 Å². The highest BCUT2D eigenvalue weighted by molar-refractivity contribution is 7.90. The summed E-state index contributed by atoms with van der Waals surface area (Å²) in [7, 11) is -3.75. The van der Waals surface area contributed by atoms with Crippen LogP contribution in [-0.2, 0) is 27.7 Å². The van der Waals surface area contributed by atoms with E-state index in [0.717, 1.165) is 28.5 Å². The molecule has 0 atom stereocenters. The molecule has 0 aliphatic carbocycles. The minimum Gasteiger partial charge on any atom is -0.481 e. The maximum Gasteiger partial charge on any atom is 0.303 e. The third kappa shape index (κ3) is 3.37. The van der Waals surface area contributed by atoms with E-state index < -0.39 is 16.0 Å². The van der Waals surface area contributed by atoms with E-state index in [9.17, 15) is 13.2 Å². The summed E-state index contributed by atoms with van der Waals surface area (Å²) >= 11 is 0. The fraction of sp³-hybridized carbons (Fsp3) is 0.250. The second kappa shape index (κ2) is 6.96. The Labute approximate surface area is 152 Å². The molecule has 1 heterocycles. The van der Waals surface area contributed by atoms with E-state index >= 15 is 0 Å². The minimum atomic E-state index is -3.75. The molecule has 3 aromatic rings. The molecule has 26 heavy (non-hydrogen) atoms. The predicted octanol–water partition coefficient (Wildman–Crippen LogP) is 3.77. The van der Waals surface area contributed by atoms with Crippen LogP contribution >= 0.6 is 0 Å². The highest BCUT2D eigenvalue weighted by atomic mass is 32.2. The van der Waals surface area contributed by atoms with Gasteiger partial charge in [-0.05, 0) is 55.2 Å². The number of carboxylic acid groups (broad SMARTS) is 1. The molecule has 136 valence electrons. The summed E-state index contributed by atoms with van der Waals surface area (Å²) in [5.41, 5.74) is 3.35. The maximum absolute atomic E-state index is 13.1. The third-order valence-electron chi connectivity index (χ3n) is 4.51. The summed E-state index contributed by atoms with van der Waals surface area (Å²) in [5, 5.41) is 9.75. The van der Waals surface area contributed by atoms with Gasteiger partial charge in [0, 0.05) is 18.0 Å². The van der Waals surface area contributed by atoms with E-state index in [1.807, 2.05) is 38.1 Å². The summed E-state index contributed by atoms with van der Waals surface area (Å²) in [6.45, 7) is 3.94. The smallest absolute Gasteiger partial charge is 0.303 e. The monoisotopic (exact) mass is 371 g/mol. The second-order valence-electron chi connectivity index (χ2n) is 6.37. The van der Waals surface area contributed by atoms with Gasteiger partial charge in [-0.15, -0.1) is 0 Å². The molecule has 1 N–H and O–H groups in total. The van der Waals surface area contributed by atoms with Crippen LogP contribution in [0.15, 0.2) is 53.6 Å². The molecular formula is C20H21NO4S. The molecule has 0 aliphatic rings. The quantitative estimate of drug-likeness (QED) is 0.716. The molecule has 0 bridgehead atoms. The topological polar surface area (TPSA) is 76.4 Å². The van der Waals surface area contributed by atoms with Gasteiger partial charge in [-0.2, -0.15) is 0 Å². The Morgan fingerprint density at radius 2 is 1.81 bits per heavy atom. The van der Waals surface area contributed by atoms with Gasteiger partial charge < -0.3 is 5.11 Å². The average Bonchev–Trinajstić information content (AvgIpc) is 2.98. The number of nitrogens with zero attached hydrogens (tertiary/aromatic N) is 1. The summed E-state index contributed by atoms with van der Waals surface area (Å²) in [4.78, 5) is 11.2. The number of fused-ring (bicyclic) bond motifs is 1. The fourth-order valence-electron chi connectivity index (χ4n) is 3.03. The van der Waals surface area contributed by atoms with Crippen LogP contribution in [0.25, 0.3) is 10.9 Å². The molecule has 1 aromatic heterocycles. The second-order valence-corrected chi connectivity index (χ2v) is 8.18. The van der Waals surface area contributed by atoms with Crippen molar-refractivity contribution in [3.05, 3.63) is 65.4 Å². The average molecular weight is 371 g/mol. The van der Waals surface area contributed by atoms with Gasteiger partial charge in [0.15, 0.2) is 0 Å². The third-order valence-corrected chi connectivity index (χ3v) is 6.19. The predicted molar refractivity (Wildman–Crippen MR) is 101 cm³/mol. The fourth-order valence-corrected chi connectivity index (χ4v) is 4.42. The van der Waals surface area contributed by atoms with Gasteiger partial charge in [0.05, 0.1) is 10.4 Å². The molecule has 0 saturated heterocycles. The first-order valence-corrected chi connectivity index (χ1v) is 9.94. The Balaban J connectivity index is 2.15. The Kier molecular flexibility index (Phi) is 4.87. The van der Waals surface area contributed by atoms with Crippen LogP contribution < -0.4 is 0 Å². The van der Waals surface area contributed by atoms with Gasteiger partial charge in [0.2, 0.25) is 0 Å². The number of benzene rings is 2. The summed E-state index contributed by atoms with van der Waals surface area (Å²) in [6, 6.07) is 12.4. The van der Waals surface area contributed by atoms with Crippen molar-refractivity contribution in [3.63, 3.8) is 0 Å². The van der Waals surface area contributed by atoms with Crippen LogP contribution in [0.3, 0.4) is 0 Å². The first kappa shape index (κ1) is 18.2. The number of aromatic nitrogens is 1. The molecule has 0 amide bonds. The van der Waals surface area contributed by atoms with Crippen LogP contribution in [0.5, 0.6) is 0 Å². The van der Waals surface area contributed by atoms with Crippen LogP contribution in [-0.4, -0.2) is 23.5 Å². The van der Waals surface area contributed by atoms with Crippen molar-refractivity contribution < 1.29 is 18.3 Å². The normalized spacial score (nSPS) is 11.8. The zero-order valence-corrected chi connectivity index (χ0v) is 15.6. The van der Waals surface area contributed by atoms with E-state index in [4.69, 9.17) is 5.11 Å². The van der Waals surface area contributed by atoms with Crippen molar-refractivity contribution >= 4 is 26.9 Å².